The van der Waals surface area contributed by atoms with Crippen LogP contribution in [0, 0.1) is 29.3 Å². The zero-order valence-electron chi connectivity index (χ0n) is 23.6. The predicted molar refractivity (Wildman–Crippen MR) is 143 cm³/mol. The molecule has 1 aromatic carbocycles. The molecule has 3 unspecified atom stereocenters. The number of rotatable bonds is 13. The highest BCUT2D eigenvalue weighted by Crippen LogP contribution is 2.42. The summed E-state index contributed by atoms with van der Waals surface area (Å²) in [6.07, 6.45) is 3.10. The van der Waals surface area contributed by atoms with Crippen molar-refractivity contribution in [2.45, 2.75) is 88.7 Å². The second-order valence-electron chi connectivity index (χ2n) is 11.4. The molecule has 3 N–H and O–H groups in total. The number of hydrogen-bond donors (Lipinski definition) is 3. The molecule has 1 heterocycles. The first-order valence-corrected chi connectivity index (χ1v) is 14.5. The molecule has 2 amide bonds. The Bertz CT molecular complexity index is 959. The van der Waals surface area contributed by atoms with Crippen LogP contribution in [0.15, 0.2) is 12.1 Å². The predicted octanol–water partition coefficient (Wildman–Crippen LogP) is 5.72. The minimum Gasteiger partial charge on any atom is -0.385 e. The first-order valence-electron chi connectivity index (χ1n) is 14.5. The maximum atomic E-state index is 15.0. The summed E-state index contributed by atoms with van der Waals surface area (Å²) in [5.41, 5.74) is -2.33. The van der Waals surface area contributed by atoms with Gasteiger partial charge in [0.05, 0.1) is 5.60 Å². The second-order valence-corrected chi connectivity index (χ2v) is 11.4. The van der Waals surface area contributed by atoms with Crippen LogP contribution >= 0.6 is 0 Å². The third-order valence-electron chi connectivity index (χ3n) is 8.38. The molecule has 0 aromatic heterocycles. The van der Waals surface area contributed by atoms with Crippen LogP contribution in [-0.2, 0) is 10.3 Å². The summed E-state index contributed by atoms with van der Waals surface area (Å²) in [5, 5.41) is 17.9. The first-order chi connectivity index (χ1) is 19.0. The average Bonchev–Trinajstić information content (AvgIpc) is 2.91. The number of nitrogens with one attached hydrogen (secondary N) is 2. The number of amides is 2. The third-order valence-corrected chi connectivity index (χ3v) is 8.38. The van der Waals surface area contributed by atoms with Crippen molar-refractivity contribution in [2.24, 2.45) is 11.8 Å². The van der Waals surface area contributed by atoms with Crippen LogP contribution in [0.4, 0.5) is 26.7 Å². The minimum atomic E-state index is -2.62. The molecule has 1 saturated heterocycles. The molecule has 3 rings (SSSR count). The molecule has 3 atom stereocenters. The lowest BCUT2D eigenvalue weighted by atomic mass is 9.74. The summed E-state index contributed by atoms with van der Waals surface area (Å²) in [6.45, 7) is 3.78. The molecule has 0 spiro atoms. The molecule has 1 aromatic rings. The van der Waals surface area contributed by atoms with E-state index < -0.39 is 40.5 Å². The number of ether oxygens (including phenoxy) is 1. The Labute approximate surface area is 234 Å². The van der Waals surface area contributed by atoms with E-state index in [1.165, 1.54) is 0 Å². The third kappa shape index (κ3) is 8.76. The van der Waals surface area contributed by atoms with Gasteiger partial charge in [-0.25, -0.2) is 26.7 Å². The molecule has 1 aliphatic carbocycles. The van der Waals surface area contributed by atoms with E-state index in [0.717, 1.165) is 6.07 Å². The Morgan fingerprint density at radius 1 is 1.20 bits per heavy atom. The van der Waals surface area contributed by atoms with Gasteiger partial charge in [0.2, 0.25) is 5.92 Å². The van der Waals surface area contributed by atoms with Crippen molar-refractivity contribution in [1.82, 2.24) is 15.5 Å². The van der Waals surface area contributed by atoms with Gasteiger partial charge in [-0.05, 0) is 77.3 Å². The van der Waals surface area contributed by atoms with Crippen molar-refractivity contribution in [1.29, 1.82) is 0 Å². The maximum Gasteiger partial charge on any atom is 0.317 e. The number of likely N-dealkylation sites (tertiary alicyclic amines) is 1. The summed E-state index contributed by atoms with van der Waals surface area (Å²) >= 11 is 0. The molecule has 2 aliphatic rings. The number of urea groups is 1. The highest BCUT2D eigenvalue weighted by molar-refractivity contribution is 5.74. The number of halogens is 5. The summed E-state index contributed by atoms with van der Waals surface area (Å²) in [6, 6.07) is 0.651. The number of aliphatic hydroxyl groups is 1. The van der Waals surface area contributed by atoms with Gasteiger partial charge < -0.3 is 25.4 Å². The van der Waals surface area contributed by atoms with E-state index in [1.54, 1.807) is 11.9 Å². The molecule has 2 fully saturated rings. The fraction of sp³-hybridized carbons (Fsp3) is 0.759. The first kappa shape index (κ1) is 32.5. The number of likely N-dealkylation sites (N-methyl/N-ethyl adjacent to an activating group) is 1. The quantitative estimate of drug-likeness (QED) is 0.159. The van der Waals surface area contributed by atoms with Gasteiger partial charge in [0.1, 0.15) is 5.82 Å². The van der Waals surface area contributed by atoms with Crippen LogP contribution in [0.25, 0.3) is 0 Å². The topological polar surface area (TPSA) is 73.8 Å². The average molecular weight is 578 g/mol. The normalized spacial score (nSPS) is 22.1. The van der Waals surface area contributed by atoms with Gasteiger partial charge in [-0.2, -0.15) is 0 Å². The van der Waals surface area contributed by atoms with E-state index in [0.29, 0.717) is 77.3 Å². The molecule has 0 bridgehead atoms. The Balaban J connectivity index is 1.72. The highest BCUT2D eigenvalue weighted by Gasteiger charge is 2.44. The monoisotopic (exact) mass is 577 g/mol. The van der Waals surface area contributed by atoms with E-state index in [1.807, 2.05) is 6.92 Å². The van der Waals surface area contributed by atoms with Crippen LogP contribution < -0.4 is 10.6 Å². The lowest BCUT2D eigenvalue weighted by Crippen LogP contribution is -2.54. The number of unbranched alkanes of at least 4 members (excludes halogenated alkanes) is 1. The standard InChI is InChI=1S/C29H44F5N3O3/c1-3-40-14-5-4-10-29(39,24-16-22(30)17-25(31)26(24)32)21-7-6-13-37(19-21)27(38)36-23(18-35-2)15-20-8-11-28(33,34)12-9-20/h16-17,20-21,23,35,39H,3-15,18-19H2,1-2H3,(H,36,38). The molecule has 11 heteroatoms. The summed E-state index contributed by atoms with van der Waals surface area (Å²) in [5.74, 6) is -6.84. The smallest absolute Gasteiger partial charge is 0.317 e. The van der Waals surface area contributed by atoms with Crippen molar-refractivity contribution < 1.29 is 36.6 Å². The molecule has 6 nitrogen and oxygen atoms in total. The number of carbonyl (C=O) groups excluding carboxylic acids is 1. The van der Waals surface area contributed by atoms with E-state index in [2.05, 4.69) is 10.6 Å². The molecule has 1 saturated carbocycles. The lowest BCUT2D eigenvalue weighted by molar-refractivity contribution is -0.0597. The number of benzene rings is 1. The van der Waals surface area contributed by atoms with Crippen molar-refractivity contribution in [3.8, 4) is 0 Å². The molecule has 0 radical (unpaired) electrons. The number of alkyl halides is 2. The number of carbonyl (C=O) groups is 1. The van der Waals surface area contributed by atoms with Gasteiger partial charge in [-0.15, -0.1) is 0 Å². The molecular weight excluding hydrogens is 533 g/mol. The van der Waals surface area contributed by atoms with Crippen molar-refractivity contribution in [3.63, 3.8) is 0 Å². The summed E-state index contributed by atoms with van der Waals surface area (Å²) in [7, 11) is 1.75. The van der Waals surface area contributed by atoms with Gasteiger partial charge >= 0.3 is 6.03 Å². The number of hydrogen-bond acceptors (Lipinski definition) is 4. The summed E-state index contributed by atoms with van der Waals surface area (Å²) < 4.78 is 75.9. The van der Waals surface area contributed by atoms with Crippen molar-refractivity contribution >= 4 is 6.03 Å². The Hall–Kier alpha value is -1.98. The van der Waals surface area contributed by atoms with Crippen molar-refractivity contribution in [2.75, 3.05) is 39.9 Å². The molecule has 40 heavy (non-hydrogen) atoms. The minimum absolute atomic E-state index is 0.0503. The van der Waals surface area contributed by atoms with Gasteiger partial charge in [0.15, 0.2) is 11.6 Å². The molecule has 228 valence electrons. The fourth-order valence-electron chi connectivity index (χ4n) is 6.17. The Morgan fingerprint density at radius 2 is 1.93 bits per heavy atom. The van der Waals surface area contributed by atoms with Crippen molar-refractivity contribution in [3.05, 3.63) is 35.1 Å². The van der Waals surface area contributed by atoms with Gasteiger partial charge in [-0.1, -0.05) is 0 Å². The Kier molecular flexibility index (Phi) is 12.0. The van der Waals surface area contributed by atoms with E-state index in [9.17, 15) is 31.9 Å². The highest BCUT2D eigenvalue weighted by atomic mass is 19.3. The van der Waals surface area contributed by atoms with Crippen LogP contribution in [0.5, 0.6) is 0 Å². The zero-order valence-corrected chi connectivity index (χ0v) is 23.6. The number of piperidine rings is 1. The largest absolute Gasteiger partial charge is 0.385 e. The molecule has 1 aliphatic heterocycles. The Morgan fingerprint density at radius 3 is 2.60 bits per heavy atom. The van der Waals surface area contributed by atoms with Crippen LogP contribution in [-0.4, -0.2) is 67.9 Å². The van der Waals surface area contributed by atoms with Gasteiger partial charge in [0.25, 0.3) is 0 Å². The van der Waals surface area contributed by atoms with E-state index >= 15 is 0 Å². The maximum absolute atomic E-state index is 15.0. The van der Waals surface area contributed by atoms with Crippen LogP contribution in [0.1, 0.15) is 76.7 Å². The van der Waals surface area contributed by atoms with Gasteiger partial charge in [-0.3, -0.25) is 0 Å². The SMILES string of the molecule is CCOCCCCC(O)(c1cc(F)cc(F)c1F)C1CCCN(C(=O)NC(CNC)CC2CCC(F)(F)CC2)C1. The zero-order chi connectivity index (χ0) is 29.3. The van der Waals surface area contributed by atoms with Gasteiger partial charge in [0, 0.05) is 69.3 Å². The lowest BCUT2D eigenvalue weighted by Gasteiger charge is -2.43. The fourth-order valence-corrected chi connectivity index (χ4v) is 6.17. The van der Waals surface area contributed by atoms with Crippen LogP contribution in [0.2, 0.25) is 0 Å². The molecular formula is C29H44F5N3O3. The second kappa shape index (κ2) is 14.8. The van der Waals surface area contributed by atoms with E-state index in [4.69, 9.17) is 4.74 Å². The van der Waals surface area contributed by atoms with Crippen LogP contribution in [0.3, 0.4) is 0 Å². The summed E-state index contributed by atoms with van der Waals surface area (Å²) in [4.78, 5) is 14.9. The number of nitrogens with zero attached hydrogens (tertiary/aromatic N) is 1. The van der Waals surface area contributed by atoms with E-state index in [-0.39, 0.29) is 43.8 Å².